The lowest BCUT2D eigenvalue weighted by Crippen LogP contribution is -2.41. The molecule has 0 bridgehead atoms. The van der Waals surface area contributed by atoms with Crippen molar-refractivity contribution in [3.8, 4) is 5.75 Å². The topological polar surface area (TPSA) is 50.7 Å². The van der Waals surface area contributed by atoms with Crippen LogP contribution >= 0.6 is 0 Å². The Labute approximate surface area is 114 Å². The molecule has 1 aromatic rings. The van der Waals surface area contributed by atoms with Gasteiger partial charge in [0.2, 0.25) is 0 Å². The highest BCUT2D eigenvalue weighted by Gasteiger charge is 2.32. The van der Waals surface area contributed by atoms with Gasteiger partial charge in [0.25, 0.3) is 0 Å². The number of aryl methyl sites for hydroxylation is 1. The number of hydrogen-bond acceptors (Lipinski definition) is 4. The SMILES string of the molecule is COc1ccc(C)cc1[C@@H](C)NC[C@@]1(O)CCOC1. The molecule has 2 N–H and O–H groups in total. The van der Waals surface area contributed by atoms with E-state index in [0.29, 0.717) is 26.2 Å². The van der Waals surface area contributed by atoms with Crippen molar-refractivity contribution in [3.05, 3.63) is 29.3 Å². The molecule has 0 aromatic heterocycles. The Hall–Kier alpha value is -1.10. The minimum absolute atomic E-state index is 0.125. The number of ether oxygens (including phenoxy) is 2. The van der Waals surface area contributed by atoms with Gasteiger partial charge in [0.15, 0.2) is 0 Å². The van der Waals surface area contributed by atoms with E-state index < -0.39 is 5.60 Å². The van der Waals surface area contributed by atoms with Crippen LogP contribution in [-0.4, -0.2) is 37.6 Å². The average molecular weight is 265 g/mol. The van der Waals surface area contributed by atoms with Crippen molar-refractivity contribution in [3.63, 3.8) is 0 Å². The fourth-order valence-electron chi connectivity index (χ4n) is 2.38. The molecule has 106 valence electrons. The van der Waals surface area contributed by atoms with Gasteiger partial charge in [0.1, 0.15) is 11.4 Å². The van der Waals surface area contributed by atoms with Crippen LogP contribution in [0.5, 0.6) is 5.75 Å². The summed E-state index contributed by atoms with van der Waals surface area (Å²) in [7, 11) is 1.68. The van der Waals surface area contributed by atoms with Crippen molar-refractivity contribution in [2.75, 3.05) is 26.9 Å². The lowest BCUT2D eigenvalue weighted by atomic mass is 10.0. The van der Waals surface area contributed by atoms with E-state index in [0.717, 1.165) is 11.3 Å². The molecule has 0 saturated carbocycles. The Bertz CT molecular complexity index is 427. The largest absolute Gasteiger partial charge is 0.496 e. The van der Waals surface area contributed by atoms with E-state index >= 15 is 0 Å². The summed E-state index contributed by atoms with van der Waals surface area (Å²) in [6.07, 6.45) is 0.692. The summed E-state index contributed by atoms with van der Waals surface area (Å²) >= 11 is 0. The minimum Gasteiger partial charge on any atom is -0.496 e. The van der Waals surface area contributed by atoms with Crippen LogP contribution in [0, 0.1) is 6.92 Å². The van der Waals surface area contributed by atoms with E-state index in [4.69, 9.17) is 9.47 Å². The molecule has 0 spiro atoms. The van der Waals surface area contributed by atoms with Crippen LogP contribution in [0.2, 0.25) is 0 Å². The van der Waals surface area contributed by atoms with Crippen LogP contribution in [0.3, 0.4) is 0 Å². The van der Waals surface area contributed by atoms with E-state index in [1.165, 1.54) is 5.56 Å². The first-order valence-corrected chi connectivity index (χ1v) is 6.72. The molecule has 1 heterocycles. The summed E-state index contributed by atoms with van der Waals surface area (Å²) in [6.45, 7) is 5.73. The predicted molar refractivity (Wildman–Crippen MR) is 74.5 cm³/mol. The van der Waals surface area contributed by atoms with Gasteiger partial charge in [-0.3, -0.25) is 0 Å². The van der Waals surface area contributed by atoms with Gasteiger partial charge in [-0.15, -0.1) is 0 Å². The van der Waals surface area contributed by atoms with Gasteiger partial charge < -0.3 is 19.9 Å². The zero-order valence-electron chi connectivity index (χ0n) is 11.9. The third-order valence-corrected chi connectivity index (χ3v) is 3.67. The number of hydrogen-bond donors (Lipinski definition) is 2. The zero-order valence-corrected chi connectivity index (χ0v) is 11.9. The molecule has 19 heavy (non-hydrogen) atoms. The smallest absolute Gasteiger partial charge is 0.123 e. The molecule has 4 heteroatoms. The monoisotopic (exact) mass is 265 g/mol. The molecular formula is C15H23NO3. The van der Waals surface area contributed by atoms with Crippen LogP contribution < -0.4 is 10.1 Å². The Kier molecular flexibility index (Phi) is 4.45. The normalized spacial score (nSPS) is 24.4. The first-order valence-electron chi connectivity index (χ1n) is 6.72. The highest BCUT2D eigenvalue weighted by atomic mass is 16.5. The predicted octanol–water partition coefficient (Wildman–Crippen LogP) is 1.81. The van der Waals surface area contributed by atoms with Crippen molar-refractivity contribution < 1.29 is 14.6 Å². The molecule has 1 aliphatic heterocycles. The molecule has 2 rings (SSSR count). The molecule has 1 saturated heterocycles. The summed E-state index contributed by atoms with van der Waals surface area (Å²) in [4.78, 5) is 0. The van der Waals surface area contributed by atoms with Crippen LogP contribution in [0.25, 0.3) is 0 Å². The fraction of sp³-hybridized carbons (Fsp3) is 0.600. The van der Waals surface area contributed by atoms with E-state index in [9.17, 15) is 5.11 Å². The molecule has 0 amide bonds. The molecule has 1 aliphatic rings. The minimum atomic E-state index is -0.731. The highest BCUT2D eigenvalue weighted by molar-refractivity contribution is 5.38. The van der Waals surface area contributed by atoms with Crippen molar-refractivity contribution in [1.29, 1.82) is 0 Å². The molecule has 1 fully saturated rings. The van der Waals surface area contributed by atoms with E-state index in [-0.39, 0.29) is 6.04 Å². The molecule has 2 atom stereocenters. The molecule has 0 aliphatic carbocycles. The second-order valence-corrected chi connectivity index (χ2v) is 5.37. The Morgan fingerprint density at radius 3 is 2.95 bits per heavy atom. The lowest BCUT2D eigenvalue weighted by molar-refractivity contribution is 0.0251. The quantitative estimate of drug-likeness (QED) is 0.852. The third kappa shape index (κ3) is 3.47. The average Bonchev–Trinajstić information content (AvgIpc) is 2.83. The van der Waals surface area contributed by atoms with Gasteiger partial charge in [0.05, 0.1) is 13.7 Å². The maximum atomic E-state index is 10.2. The van der Waals surface area contributed by atoms with Gasteiger partial charge in [-0.2, -0.15) is 0 Å². The van der Waals surface area contributed by atoms with Gasteiger partial charge in [-0.1, -0.05) is 17.7 Å². The van der Waals surface area contributed by atoms with Crippen LogP contribution in [0.15, 0.2) is 18.2 Å². The van der Waals surface area contributed by atoms with Crippen LogP contribution in [0.1, 0.15) is 30.5 Å². The molecule has 4 nitrogen and oxygen atoms in total. The zero-order chi connectivity index (χ0) is 13.9. The number of rotatable bonds is 5. The summed E-state index contributed by atoms with van der Waals surface area (Å²) in [5.74, 6) is 0.875. The van der Waals surface area contributed by atoms with Crippen LogP contribution in [0.4, 0.5) is 0 Å². The molecule has 0 unspecified atom stereocenters. The van der Waals surface area contributed by atoms with Crippen molar-refractivity contribution in [2.24, 2.45) is 0 Å². The second kappa shape index (κ2) is 5.90. The third-order valence-electron chi connectivity index (χ3n) is 3.67. The maximum absolute atomic E-state index is 10.2. The summed E-state index contributed by atoms with van der Waals surface area (Å²) in [5.41, 5.74) is 1.59. The van der Waals surface area contributed by atoms with Crippen molar-refractivity contribution in [1.82, 2.24) is 5.32 Å². The van der Waals surface area contributed by atoms with E-state index in [1.54, 1.807) is 7.11 Å². The number of aliphatic hydroxyl groups is 1. The Morgan fingerprint density at radius 1 is 1.53 bits per heavy atom. The lowest BCUT2D eigenvalue weighted by Gasteiger charge is -2.25. The van der Waals surface area contributed by atoms with Gasteiger partial charge in [-0.25, -0.2) is 0 Å². The number of benzene rings is 1. The first kappa shape index (κ1) is 14.3. The molecule has 1 aromatic carbocycles. The molecular weight excluding hydrogens is 242 g/mol. The summed E-state index contributed by atoms with van der Waals surface area (Å²) < 4.78 is 10.6. The van der Waals surface area contributed by atoms with E-state index in [2.05, 4.69) is 25.2 Å². The fourth-order valence-corrected chi connectivity index (χ4v) is 2.38. The summed E-state index contributed by atoms with van der Waals surface area (Å²) in [5, 5.41) is 13.6. The van der Waals surface area contributed by atoms with Crippen LogP contribution in [-0.2, 0) is 4.74 Å². The number of nitrogens with one attached hydrogen (secondary N) is 1. The molecule has 0 radical (unpaired) electrons. The van der Waals surface area contributed by atoms with Crippen molar-refractivity contribution in [2.45, 2.75) is 31.9 Å². The van der Waals surface area contributed by atoms with Crippen molar-refractivity contribution >= 4 is 0 Å². The first-order chi connectivity index (χ1) is 9.04. The Balaban J connectivity index is 2.03. The summed E-state index contributed by atoms with van der Waals surface area (Å²) in [6, 6.07) is 6.26. The van der Waals surface area contributed by atoms with Gasteiger partial charge >= 0.3 is 0 Å². The number of methoxy groups -OCH3 is 1. The standard InChI is InChI=1S/C15H23NO3/c1-11-4-5-14(18-3)13(8-11)12(2)16-9-15(17)6-7-19-10-15/h4-5,8,12,16-17H,6-7,9-10H2,1-3H3/t12-,15+/m1/s1. The second-order valence-electron chi connectivity index (χ2n) is 5.37. The van der Waals surface area contributed by atoms with Gasteiger partial charge in [0, 0.05) is 31.2 Å². The van der Waals surface area contributed by atoms with E-state index in [1.807, 2.05) is 12.1 Å². The maximum Gasteiger partial charge on any atom is 0.123 e. The van der Waals surface area contributed by atoms with Gasteiger partial charge in [-0.05, 0) is 19.9 Å². The Morgan fingerprint density at radius 2 is 2.32 bits per heavy atom. The highest BCUT2D eigenvalue weighted by Crippen LogP contribution is 2.27.